The number of benzene rings is 1. The lowest BCUT2D eigenvalue weighted by molar-refractivity contribution is -0.113. The average molecular weight is 259 g/mol. The van der Waals surface area contributed by atoms with Crippen molar-refractivity contribution in [1.29, 1.82) is 0 Å². The normalized spacial score (nSPS) is 10.1. The van der Waals surface area contributed by atoms with Crippen LogP contribution in [0.4, 0.5) is 5.69 Å². The zero-order valence-electron chi connectivity index (χ0n) is 9.96. The molecule has 92 valence electrons. The van der Waals surface area contributed by atoms with Crippen LogP contribution in [0.1, 0.15) is 5.56 Å². The number of nitrogens with one attached hydrogen (secondary N) is 1. The van der Waals surface area contributed by atoms with Crippen molar-refractivity contribution in [3.8, 4) is 0 Å². The van der Waals surface area contributed by atoms with Crippen LogP contribution < -0.4 is 5.32 Å². The highest BCUT2D eigenvalue weighted by Crippen LogP contribution is 2.15. The summed E-state index contributed by atoms with van der Waals surface area (Å²) in [6.07, 6.45) is 3.32. The molecule has 0 spiro atoms. The largest absolute Gasteiger partial charge is 0.325 e. The highest BCUT2D eigenvalue weighted by molar-refractivity contribution is 7.99. The summed E-state index contributed by atoms with van der Waals surface area (Å²) in [5.74, 6) is 0.250. The van der Waals surface area contributed by atoms with Gasteiger partial charge in [-0.25, -0.2) is 9.97 Å². The molecule has 0 bridgehead atoms. The van der Waals surface area contributed by atoms with Gasteiger partial charge in [0.15, 0.2) is 5.16 Å². The Hall–Kier alpha value is -1.88. The van der Waals surface area contributed by atoms with E-state index in [0.717, 1.165) is 11.3 Å². The fraction of sp³-hybridized carbons (Fsp3) is 0.154. The highest BCUT2D eigenvalue weighted by Gasteiger charge is 2.06. The second-order valence-electron chi connectivity index (χ2n) is 3.68. The van der Waals surface area contributed by atoms with Gasteiger partial charge < -0.3 is 5.32 Å². The number of hydrogen-bond donors (Lipinski definition) is 1. The first-order valence-corrected chi connectivity index (χ1v) is 6.49. The Balaban J connectivity index is 1.88. The van der Waals surface area contributed by atoms with Crippen LogP contribution in [0.3, 0.4) is 0 Å². The molecule has 1 aromatic heterocycles. The molecule has 5 heteroatoms. The first kappa shape index (κ1) is 12.6. The van der Waals surface area contributed by atoms with Gasteiger partial charge in [-0.05, 0) is 24.6 Å². The number of hydrogen-bond acceptors (Lipinski definition) is 4. The van der Waals surface area contributed by atoms with Crippen LogP contribution in [0.15, 0.2) is 47.9 Å². The Labute approximate surface area is 110 Å². The van der Waals surface area contributed by atoms with Gasteiger partial charge in [-0.1, -0.05) is 30.0 Å². The second-order valence-corrected chi connectivity index (χ2v) is 4.63. The molecule has 1 aromatic carbocycles. The first-order chi connectivity index (χ1) is 8.75. The van der Waals surface area contributed by atoms with Crippen molar-refractivity contribution in [1.82, 2.24) is 9.97 Å². The molecule has 0 aliphatic rings. The van der Waals surface area contributed by atoms with E-state index in [1.807, 2.05) is 31.2 Å². The maximum Gasteiger partial charge on any atom is 0.234 e. The van der Waals surface area contributed by atoms with Crippen molar-refractivity contribution in [2.24, 2.45) is 0 Å². The lowest BCUT2D eigenvalue weighted by Crippen LogP contribution is -2.14. The topological polar surface area (TPSA) is 54.9 Å². The van der Waals surface area contributed by atoms with Gasteiger partial charge in [-0.2, -0.15) is 0 Å². The van der Waals surface area contributed by atoms with Gasteiger partial charge in [0.2, 0.25) is 5.91 Å². The Morgan fingerprint density at radius 3 is 2.67 bits per heavy atom. The van der Waals surface area contributed by atoms with E-state index in [1.165, 1.54) is 11.8 Å². The quantitative estimate of drug-likeness (QED) is 0.677. The minimum Gasteiger partial charge on any atom is -0.325 e. The molecule has 1 N–H and O–H groups in total. The maximum absolute atomic E-state index is 11.8. The molecule has 1 amide bonds. The van der Waals surface area contributed by atoms with Crippen molar-refractivity contribution in [2.75, 3.05) is 11.1 Å². The summed E-state index contributed by atoms with van der Waals surface area (Å²) in [6.45, 7) is 1.96. The maximum atomic E-state index is 11.8. The smallest absolute Gasteiger partial charge is 0.234 e. The van der Waals surface area contributed by atoms with Crippen molar-refractivity contribution in [3.05, 3.63) is 48.3 Å². The molecule has 2 aromatic rings. The van der Waals surface area contributed by atoms with E-state index >= 15 is 0 Å². The monoisotopic (exact) mass is 259 g/mol. The summed E-state index contributed by atoms with van der Waals surface area (Å²) in [5.41, 5.74) is 1.89. The molecule has 0 saturated carbocycles. The predicted octanol–water partition coefficient (Wildman–Crippen LogP) is 2.52. The molecular weight excluding hydrogens is 246 g/mol. The van der Waals surface area contributed by atoms with Crippen LogP contribution in [0.2, 0.25) is 0 Å². The van der Waals surface area contributed by atoms with Gasteiger partial charge in [0.1, 0.15) is 0 Å². The molecular formula is C13H13N3OS. The molecule has 18 heavy (non-hydrogen) atoms. The molecule has 0 fully saturated rings. The van der Waals surface area contributed by atoms with Crippen molar-refractivity contribution in [2.45, 2.75) is 12.1 Å². The van der Waals surface area contributed by atoms with Crippen molar-refractivity contribution in [3.63, 3.8) is 0 Å². The van der Waals surface area contributed by atoms with E-state index in [2.05, 4.69) is 15.3 Å². The summed E-state index contributed by atoms with van der Waals surface area (Å²) in [7, 11) is 0. The zero-order valence-corrected chi connectivity index (χ0v) is 10.8. The van der Waals surface area contributed by atoms with Crippen LogP contribution in [0, 0.1) is 6.92 Å². The fourth-order valence-corrected chi connectivity index (χ4v) is 1.99. The lowest BCUT2D eigenvalue weighted by atomic mass is 10.2. The molecule has 0 atom stereocenters. The van der Waals surface area contributed by atoms with E-state index in [1.54, 1.807) is 18.5 Å². The summed E-state index contributed by atoms with van der Waals surface area (Å²) < 4.78 is 0. The molecule has 4 nitrogen and oxygen atoms in total. The van der Waals surface area contributed by atoms with Gasteiger partial charge >= 0.3 is 0 Å². The van der Waals surface area contributed by atoms with E-state index in [4.69, 9.17) is 0 Å². The minimum absolute atomic E-state index is 0.0539. The number of para-hydroxylation sites is 1. The van der Waals surface area contributed by atoms with E-state index in [9.17, 15) is 4.79 Å². The van der Waals surface area contributed by atoms with Gasteiger partial charge in [-0.15, -0.1) is 0 Å². The number of aromatic nitrogens is 2. The molecule has 0 aliphatic carbocycles. The van der Waals surface area contributed by atoms with Gasteiger partial charge in [0, 0.05) is 18.1 Å². The average Bonchev–Trinajstić information content (AvgIpc) is 2.40. The van der Waals surface area contributed by atoms with E-state index in [-0.39, 0.29) is 5.91 Å². The number of thioether (sulfide) groups is 1. The van der Waals surface area contributed by atoms with E-state index < -0.39 is 0 Å². The number of anilines is 1. The molecule has 1 heterocycles. The van der Waals surface area contributed by atoms with Gasteiger partial charge in [0.05, 0.1) is 5.75 Å². The third-order valence-corrected chi connectivity index (χ3v) is 3.17. The third kappa shape index (κ3) is 3.56. The van der Waals surface area contributed by atoms with Crippen LogP contribution in [-0.4, -0.2) is 21.6 Å². The molecule has 0 unspecified atom stereocenters. The third-order valence-electron chi connectivity index (χ3n) is 2.29. The predicted molar refractivity (Wildman–Crippen MR) is 72.6 cm³/mol. The molecule has 0 aliphatic heterocycles. The van der Waals surface area contributed by atoms with Gasteiger partial charge in [0.25, 0.3) is 0 Å². The zero-order chi connectivity index (χ0) is 12.8. The standard InChI is InChI=1S/C13H13N3OS/c1-10-5-2-3-6-11(10)16-12(17)9-18-13-14-7-4-8-15-13/h2-8H,9H2,1H3,(H,16,17). The number of carbonyl (C=O) groups excluding carboxylic acids is 1. The SMILES string of the molecule is Cc1ccccc1NC(=O)CSc1ncccn1. The molecule has 0 radical (unpaired) electrons. The minimum atomic E-state index is -0.0539. The summed E-state index contributed by atoms with van der Waals surface area (Å²) >= 11 is 1.32. The number of aryl methyl sites for hydroxylation is 1. The Bertz CT molecular complexity index is 531. The number of amides is 1. The summed E-state index contributed by atoms with van der Waals surface area (Å²) in [4.78, 5) is 19.8. The van der Waals surface area contributed by atoms with Crippen LogP contribution >= 0.6 is 11.8 Å². The fourth-order valence-electron chi connectivity index (χ4n) is 1.39. The van der Waals surface area contributed by atoms with Crippen LogP contribution in [0.25, 0.3) is 0 Å². The molecule has 0 saturated heterocycles. The molecule has 2 rings (SSSR count). The van der Waals surface area contributed by atoms with Gasteiger partial charge in [-0.3, -0.25) is 4.79 Å². The Morgan fingerprint density at radius 2 is 1.94 bits per heavy atom. The van der Waals surface area contributed by atoms with Crippen LogP contribution in [-0.2, 0) is 4.79 Å². The van der Waals surface area contributed by atoms with E-state index in [0.29, 0.717) is 10.9 Å². The number of nitrogens with zero attached hydrogens (tertiary/aromatic N) is 2. The lowest BCUT2D eigenvalue weighted by Gasteiger charge is -2.07. The Morgan fingerprint density at radius 1 is 1.22 bits per heavy atom. The first-order valence-electron chi connectivity index (χ1n) is 5.51. The number of rotatable bonds is 4. The summed E-state index contributed by atoms with van der Waals surface area (Å²) in [5, 5.41) is 3.47. The second kappa shape index (κ2) is 6.16. The Kier molecular flexibility index (Phi) is 4.30. The number of carbonyl (C=O) groups is 1. The van der Waals surface area contributed by atoms with Crippen molar-refractivity contribution < 1.29 is 4.79 Å². The summed E-state index contributed by atoms with van der Waals surface area (Å²) in [6, 6.07) is 9.44. The van der Waals surface area contributed by atoms with Crippen molar-refractivity contribution >= 4 is 23.4 Å². The highest BCUT2D eigenvalue weighted by atomic mass is 32.2. The van der Waals surface area contributed by atoms with Crippen LogP contribution in [0.5, 0.6) is 0 Å².